The lowest BCUT2D eigenvalue weighted by molar-refractivity contribution is -0.147. The van der Waals surface area contributed by atoms with Crippen molar-refractivity contribution in [2.75, 3.05) is 13.7 Å². The molecule has 1 saturated heterocycles. The summed E-state index contributed by atoms with van der Waals surface area (Å²) in [4.78, 5) is 25.9. The lowest BCUT2D eigenvalue weighted by Crippen LogP contribution is -2.48. The van der Waals surface area contributed by atoms with Crippen LogP contribution in [0.4, 0.5) is 0 Å². The van der Waals surface area contributed by atoms with E-state index in [0.717, 1.165) is 12.8 Å². The van der Waals surface area contributed by atoms with E-state index in [1.165, 1.54) is 12.0 Å². The Morgan fingerprint density at radius 3 is 2.45 bits per heavy atom. The fourth-order valence-corrected chi connectivity index (χ4v) is 2.92. The average molecular weight is 316 g/mol. The molecule has 1 atom stereocenters. The van der Waals surface area contributed by atoms with E-state index in [0.29, 0.717) is 28.6 Å². The number of amides is 1. The third-order valence-corrected chi connectivity index (χ3v) is 3.78. The minimum absolute atomic E-state index is 0.246. The van der Waals surface area contributed by atoms with Gasteiger partial charge in [-0.15, -0.1) is 0 Å². The van der Waals surface area contributed by atoms with E-state index in [9.17, 15) is 9.59 Å². The van der Waals surface area contributed by atoms with Crippen molar-refractivity contribution in [2.45, 2.75) is 25.3 Å². The summed E-state index contributed by atoms with van der Waals surface area (Å²) in [5, 5.41) is 0.792. The molecule has 1 aromatic carbocycles. The number of carbonyl (C=O) groups excluding carboxylic acids is 2. The third-order valence-electron chi connectivity index (χ3n) is 3.35. The molecule has 0 bridgehead atoms. The van der Waals surface area contributed by atoms with Crippen LogP contribution in [0.15, 0.2) is 18.2 Å². The van der Waals surface area contributed by atoms with E-state index < -0.39 is 6.04 Å². The molecule has 108 valence electrons. The summed E-state index contributed by atoms with van der Waals surface area (Å²) in [6.07, 6.45) is 2.39. The highest BCUT2D eigenvalue weighted by Crippen LogP contribution is 2.24. The van der Waals surface area contributed by atoms with E-state index >= 15 is 0 Å². The van der Waals surface area contributed by atoms with Crippen molar-refractivity contribution in [2.24, 2.45) is 0 Å². The highest BCUT2D eigenvalue weighted by atomic mass is 35.5. The summed E-state index contributed by atoms with van der Waals surface area (Å²) >= 11 is 11.8. The Kier molecular flexibility index (Phi) is 4.89. The fourth-order valence-electron chi connectivity index (χ4n) is 2.40. The molecular formula is C14H15Cl2NO3. The number of ether oxygens (including phenoxy) is 1. The molecule has 1 aliphatic heterocycles. The largest absolute Gasteiger partial charge is 0.467 e. The quantitative estimate of drug-likeness (QED) is 0.787. The molecule has 0 aliphatic carbocycles. The normalized spacial score (nSPS) is 18.8. The number of carbonyl (C=O) groups is 2. The second kappa shape index (κ2) is 6.46. The van der Waals surface area contributed by atoms with Gasteiger partial charge in [-0.05, 0) is 37.5 Å². The van der Waals surface area contributed by atoms with Gasteiger partial charge in [0.05, 0.1) is 7.11 Å². The fraction of sp³-hybridized carbons (Fsp3) is 0.429. The van der Waals surface area contributed by atoms with Crippen molar-refractivity contribution in [1.82, 2.24) is 4.90 Å². The van der Waals surface area contributed by atoms with Crippen molar-refractivity contribution in [3.8, 4) is 0 Å². The number of nitrogens with zero attached hydrogens (tertiary/aromatic N) is 1. The number of hydrogen-bond donors (Lipinski definition) is 0. The van der Waals surface area contributed by atoms with E-state index in [-0.39, 0.29) is 11.9 Å². The van der Waals surface area contributed by atoms with Gasteiger partial charge < -0.3 is 9.64 Å². The van der Waals surface area contributed by atoms with Crippen LogP contribution in [-0.2, 0) is 9.53 Å². The molecule has 0 saturated carbocycles. The van der Waals surface area contributed by atoms with Gasteiger partial charge in [0.1, 0.15) is 6.04 Å². The van der Waals surface area contributed by atoms with Crippen molar-refractivity contribution in [3.63, 3.8) is 0 Å². The highest BCUT2D eigenvalue weighted by molar-refractivity contribution is 6.35. The second-order valence-corrected chi connectivity index (χ2v) is 5.56. The van der Waals surface area contributed by atoms with Crippen LogP contribution in [0.2, 0.25) is 10.0 Å². The summed E-state index contributed by atoms with van der Waals surface area (Å²) in [6, 6.07) is 4.14. The van der Waals surface area contributed by atoms with Gasteiger partial charge in [-0.25, -0.2) is 4.79 Å². The molecule has 1 heterocycles. The first-order valence-corrected chi connectivity index (χ1v) is 7.13. The Morgan fingerprint density at radius 1 is 1.20 bits per heavy atom. The molecule has 0 radical (unpaired) electrons. The first-order valence-electron chi connectivity index (χ1n) is 6.38. The van der Waals surface area contributed by atoms with Crippen molar-refractivity contribution >= 4 is 35.1 Å². The zero-order valence-corrected chi connectivity index (χ0v) is 12.6. The minimum atomic E-state index is -0.529. The van der Waals surface area contributed by atoms with Crippen LogP contribution in [0.5, 0.6) is 0 Å². The summed E-state index contributed by atoms with van der Waals surface area (Å²) < 4.78 is 4.77. The Bertz CT molecular complexity index is 513. The zero-order chi connectivity index (χ0) is 14.7. The Labute approximate surface area is 127 Å². The second-order valence-electron chi connectivity index (χ2n) is 4.69. The van der Waals surface area contributed by atoms with Gasteiger partial charge in [-0.2, -0.15) is 0 Å². The number of esters is 1. The molecule has 2 rings (SSSR count). The molecule has 4 nitrogen and oxygen atoms in total. The molecule has 1 aliphatic rings. The summed E-state index contributed by atoms with van der Waals surface area (Å²) in [5.41, 5.74) is 0.387. The van der Waals surface area contributed by atoms with Gasteiger partial charge in [0.2, 0.25) is 0 Å². The monoisotopic (exact) mass is 315 g/mol. The first-order chi connectivity index (χ1) is 9.52. The number of likely N-dealkylation sites (tertiary alicyclic amines) is 1. The topological polar surface area (TPSA) is 46.6 Å². The molecule has 1 amide bonds. The Morgan fingerprint density at radius 2 is 1.85 bits per heavy atom. The third kappa shape index (κ3) is 3.25. The minimum Gasteiger partial charge on any atom is -0.467 e. The van der Waals surface area contributed by atoms with Gasteiger partial charge in [-0.3, -0.25) is 4.79 Å². The molecule has 1 aromatic rings. The van der Waals surface area contributed by atoms with Crippen LogP contribution in [0.25, 0.3) is 0 Å². The average Bonchev–Trinajstić information content (AvgIpc) is 2.44. The molecule has 6 heteroatoms. The maximum Gasteiger partial charge on any atom is 0.328 e. The Hall–Kier alpha value is -1.26. The molecule has 0 aromatic heterocycles. The van der Waals surface area contributed by atoms with Crippen LogP contribution < -0.4 is 0 Å². The van der Waals surface area contributed by atoms with E-state index in [2.05, 4.69) is 0 Å². The summed E-state index contributed by atoms with van der Waals surface area (Å²) in [7, 11) is 1.33. The first kappa shape index (κ1) is 15.1. The van der Waals surface area contributed by atoms with Crippen molar-refractivity contribution in [1.29, 1.82) is 0 Å². The number of methoxy groups -OCH3 is 1. The maximum atomic E-state index is 12.5. The maximum absolute atomic E-state index is 12.5. The smallest absolute Gasteiger partial charge is 0.328 e. The molecular weight excluding hydrogens is 301 g/mol. The van der Waals surface area contributed by atoms with Crippen LogP contribution in [0, 0.1) is 0 Å². The van der Waals surface area contributed by atoms with E-state index in [1.807, 2.05) is 0 Å². The number of halogens is 2. The molecule has 1 fully saturated rings. The lowest BCUT2D eigenvalue weighted by atomic mass is 10.0. The van der Waals surface area contributed by atoms with Crippen LogP contribution in [0.3, 0.4) is 0 Å². The molecule has 0 spiro atoms. The predicted molar refractivity (Wildman–Crippen MR) is 77.2 cm³/mol. The van der Waals surface area contributed by atoms with Gasteiger partial charge in [0, 0.05) is 22.2 Å². The van der Waals surface area contributed by atoms with E-state index in [1.54, 1.807) is 18.2 Å². The van der Waals surface area contributed by atoms with Crippen molar-refractivity contribution in [3.05, 3.63) is 33.8 Å². The predicted octanol–water partition coefficient (Wildman–Crippen LogP) is 3.16. The SMILES string of the molecule is COC(=O)[C@H]1CCCCN1C(=O)c1cc(Cl)cc(Cl)c1. The lowest BCUT2D eigenvalue weighted by Gasteiger charge is -2.33. The molecule has 0 N–H and O–H groups in total. The van der Waals surface area contributed by atoms with Gasteiger partial charge in [-0.1, -0.05) is 23.2 Å². The van der Waals surface area contributed by atoms with Crippen LogP contribution >= 0.6 is 23.2 Å². The van der Waals surface area contributed by atoms with Crippen LogP contribution in [-0.4, -0.2) is 36.5 Å². The van der Waals surface area contributed by atoms with Crippen LogP contribution in [0.1, 0.15) is 29.6 Å². The number of rotatable bonds is 2. The van der Waals surface area contributed by atoms with Crippen molar-refractivity contribution < 1.29 is 14.3 Å². The number of benzene rings is 1. The van der Waals surface area contributed by atoms with Gasteiger partial charge in [0.15, 0.2) is 0 Å². The number of piperidine rings is 1. The van der Waals surface area contributed by atoms with Gasteiger partial charge >= 0.3 is 5.97 Å². The molecule has 20 heavy (non-hydrogen) atoms. The highest BCUT2D eigenvalue weighted by Gasteiger charge is 2.33. The summed E-state index contributed by atoms with van der Waals surface area (Å²) in [6.45, 7) is 0.530. The van der Waals surface area contributed by atoms with Gasteiger partial charge in [0.25, 0.3) is 5.91 Å². The zero-order valence-electron chi connectivity index (χ0n) is 11.1. The molecule has 0 unspecified atom stereocenters. The van der Waals surface area contributed by atoms with E-state index in [4.69, 9.17) is 27.9 Å². The number of hydrogen-bond acceptors (Lipinski definition) is 3. The Balaban J connectivity index is 2.27. The summed E-state index contributed by atoms with van der Waals surface area (Å²) in [5.74, 6) is -0.629. The standard InChI is InChI=1S/C14H15Cl2NO3/c1-20-14(19)12-4-2-3-5-17(12)13(18)9-6-10(15)8-11(16)7-9/h6-8,12H,2-5H2,1H3/t12-/m1/s1.